The van der Waals surface area contributed by atoms with E-state index in [1.54, 1.807) is 0 Å². The molecule has 1 heterocycles. The predicted octanol–water partition coefficient (Wildman–Crippen LogP) is 4.18. The van der Waals surface area contributed by atoms with E-state index in [0.29, 0.717) is 11.8 Å². The molecule has 0 amide bonds. The van der Waals surface area contributed by atoms with Crippen LogP contribution >= 0.6 is 0 Å². The van der Waals surface area contributed by atoms with E-state index >= 15 is 0 Å². The molecule has 1 aromatic rings. The van der Waals surface area contributed by atoms with Crippen molar-refractivity contribution in [2.24, 2.45) is 0 Å². The van der Waals surface area contributed by atoms with Gasteiger partial charge in [0, 0.05) is 17.3 Å². The highest BCUT2D eigenvalue weighted by Crippen LogP contribution is 2.38. The maximum Gasteiger partial charge on any atom is 0.122 e. The van der Waals surface area contributed by atoms with Crippen LogP contribution < -0.4 is 10.6 Å². The van der Waals surface area contributed by atoms with E-state index in [0.717, 1.165) is 24.8 Å². The van der Waals surface area contributed by atoms with E-state index in [2.05, 4.69) is 55.7 Å². The van der Waals surface area contributed by atoms with E-state index in [4.69, 9.17) is 0 Å². The summed E-state index contributed by atoms with van der Waals surface area (Å²) in [5, 5.41) is 17.8. The summed E-state index contributed by atoms with van der Waals surface area (Å²) in [6, 6.07) is 6.32. The average Bonchev–Trinajstić information content (AvgIpc) is 2.54. The molecule has 3 aliphatic rings. The van der Waals surface area contributed by atoms with Crippen molar-refractivity contribution in [1.82, 2.24) is 10.6 Å². The highest BCUT2D eigenvalue weighted by atomic mass is 16.3. The van der Waals surface area contributed by atoms with Crippen LogP contribution in [0.1, 0.15) is 57.3 Å². The Kier molecular flexibility index (Phi) is 3.57. The maximum absolute atomic E-state index is 10.4. The molecule has 3 N–H and O–H groups in total. The molecular formula is C21H26N2O. The van der Waals surface area contributed by atoms with Crippen molar-refractivity contribution in [3.63, 3.8) is 0 Å². The van der Waals surface area contributed by atoms with Crippen molar-refractivity contribution in [3.05, 3.63) is 64.4 Å². The quantitative estimate of drug-likeness (QED) is 0.726. The van der Waals surface area contributed by atoms with Crippen LogP contribution in [-0.4, -0.2) is 11.1 Å². The molecule has 3 nitrogen and oxygen atoms in total. The smallest absolute Gasteiger partial charge is 0.122 e. The van der Waals surface area contributed by atoms with Gasteiger partial charge in [0.25, 0.3) is 0 Å². The molecule has 1 saturated heterocycles. The number of allylic oxidation sites excluding steroid dienone is 3. The lowest BCUT2D eigenvalue weighted by Crippen LogP contribution is -2.49. The number of nitrogens with one attached hydrogen (secondary N) is 2. The van der Waals surface area contributed by atoms with Crippen LogP contribution in [0.25, 0.3) is 0 Å². The fourth-order valence-electron chi connectivity index (χ4n) is 3.94. The minimum atomic E-state index is -0.0573. The van der Waals surface area contributed by atoms with Gasteiger partial charge >= 0.3 is 0 Å². The second-order valence-corrected chi connectivity index (χ2v) is 8.05. The molecule has 1 aliphatic heterocycles. The number of hydrogen-bond acceptors (Lipinski definition) is 3. The fourth-order valence-corrected chi connectivity index (χ4v) is 3.94. The molecule has 0 spiro atoms. The Bertz CT molecular complexity index is 765. The van der Waals surface area contributed by atoms with E-state index < -0.39 is 0 Å². The van der Waals surface area contributed by atoms with Crippen molar-refractivity contribution >= 4 is 0 Å². The third-order valence-electron chi connectivity index (χ3n) is 5.31. The molecular weight excluding hydrogens is 296 g/mol. The van der Waals surface area contributed by atoms with Crippen molar-refractivity contribution in [2.45, 2.75) is 57.7 Å². The van der Waals surface area contributed by atoms with Crippen LogP contribution in [0.3, 0.4) is 0 Å². The summed E-state index contributed by atoms with van der Waals surface area (Å²) in [5.41, 5.74) is 6.36. The molecule has 2 unspecified atom stereocenters. The van der Waals surface area contributed by atoms with Crippen LogP contribution in [0.5, 0.6) is 5.75 Å². The molecule has 0 radical (unpaired) electrons. The summed E-state index contributed by atoms with van der Waals surface area (Å²) in [7, 11) is 0. The van der Waals surface area contributed by atoms with Gasteiger partial charge in [-0.05, 0) is 53.5 Å². The zero-order valence-corrected chi connectivity index (χ0v) is 14.7. The summed E-state index contributed by atoms with van der Waals surface area (Å²) in [6.07, 6.45) is 10.0. The molecule has 3 heteroatoms. The summed E-state index contributed by atoms with van der Waals surface area (Å²) in [5.74, 6) is 0.350. The molecule has 0 aromatic heterocycles. The van der Waals surface area contributed by atoms with Crippen molar-refractivity contribution in [3.8, 4) is 5.75 Å². The summed E-state index contributed by atoms with van der Waals surface area (Å²) < 4.78 is 0. The zero-order chi connectivity index (χ0) is 16.9. The summed E-state index contributed by atoms with van der Waals surface area (Å²) in [4.78, 5) is 0. The number of hydrogen-bond donors (Lipinski definition) is 3. The van der Waals surface area contributed by atoms with Crippen LogP contribution in [0.4, 0.5) is 0 Å². The summed E-state index contributed by atoms with van der Waals surface area (Å²) >= 11 is 0. The molecule has 1 aromatic carbocycles. The van der Waals surface area contributed by atoms with Crippen LogP contribution in [0.15, 0.2) is 53.3 Å². The molecule has 0 saturated carbocycles. The summed E-state index contributed by atoms with van der Waals surface area (Å²) in [6.45, 7) is 6.61. The van der Waals surface area contributed by atoms with Gasteiger partial charge in [-0.1, -0.05) is 45.1 Å². The third-order valence-corrected chi connectivity index (χ3v) is 5.31. The van der Waals surface area contributed by atoms with Crippen molar-refractivity contribution < 1.29 is 5.11 Å². The van der Waals surface area contributed by atoms with Gasteiger partial charge in [0.2, 0.25) is 0 Å². The minimum Gasteiger partial charge on any atom is -0.508 e. The van der Waals surface area contributed by atoms with Crippen LogP contribution in [0.2, 0.25) is 0 Å². The molecule has 2 aliphatic carbocycles. The molecule has 1 fully saturated rings. The molecule has 126 valence electrons. The van der Waals surface area contributed by atoms with Gasteiger partial charge in [-0.2, -0.15) is 0 Å². The Morgan fingerprint density at radius 1 is 1.21 bits per heavy atom. The highest BCUT2D eigenvalue weighted by Gasteiger charge is 2.34. The molecule has 2 atom stereocenters. The van der Waals surface area contributed by atoms with Gasteiger partial charge in [0.05, 0.1) is 0 Å². The third kappa shape index (κ3) is 2.57. The highest BCUT2D eigenvalue weighted by molar-refractivity contribution is 5.51. The number of aromatic hydroxyl groups is 1. The van der Waals surface area contributed by atoms with E-state index in [1.165, 1.54) is 22.4 Å². The average molecular weight is 322 g/mol. The molecule has 24 heavy (non-hydrogen) atoms. The lowest BCUT2D eigenvalue weighted by atomic mass is 9.82. The largest absolute Gasteiger partial charge is 0.508 e. The molecule has 4 rings (SSSR count). The minimum absolute atomic E-state index is 0.0573. The number of phenols is 1. The lowest BCUT2D eigenvalue weighted by molar-refractivity contribution is 0.369. The second-order valence-electron chi connectivity index (χ2n) is 8.05. The second kappa shape index (κ2) is 5.52. The van der Waals surface area contributed by atoms with Gasteiger partial charge in [-0.15, -0.1) is 0 Å². The number of rotatable bonds is 1. The van der Waals surface area contributed by atoms with Gasteiger partial charge in [0.1, 0.15) is 11.9 Å². The monoisotopic (exact) mass is 322 g/mol. The van der Waals surface area contributed by atoms with Crippen molar-refractivity contribution in [2.75, 3.05) is 0 Å². The Morgan fingerprint density at radius 2 is 2.04 bits per heavy atom. The van der Waals surface area contributed by atoms with Gasteiger partial charge in [-0.3, -0.25) is 5.32 Å². The number of benzene rings is 1. The van der Waals surface area contributed by atoms with E-state index in [-0.39, 0.29) is 11.6 Å². The first-order valence-electron chi connectivity index (χ1n) is 8.89. The fraction of sp³-hybridized carbons (Fsp3) is 0.429. The topological polar surface area (TPSA) is 44.3 Å². The zero-order valence-electron chi connectivity index (χ0n) is 14.7. The standard InChI is InChI=1S/C21H26N2O/c1-21(2,3)14-10-11-18(24)15(12-14)20-22-16-8-4-6-13-7-5-9-17(23-20)19(13)16/h4,6,9-12,16,20,22-24H,5,7-8H2,1-3H3. The molecule has 0 bridgehead atoms. The lowest BCUT2D eigenvalue weighted by Gasteiger charge is -2.41. The normalized spacial score (nSPS) is 25.9. The Balaban J connectivity index is 1.71. The maximum atomic E-state index is 10.4. The number of phenolic OH excluding ortho intramolecular Hbond substituents is 1. The first-order chi connectivity index (χ1) is 11.4. The van der Waals surface area contributed by atoms with Gasteiger partial charge in [0.15, 0.2) is 0 Å². The van der Waals surface area contributed by atoms with Crippen LogP contribution in [-0.2, 0) is 5.41 Å². The van der Waals surface area contributed by atoms with Crippen LogP contribution in [0, 0.1) is 0 Å². The van der Waals surface area contributed by atoms with Crippen molar-refractivity contribution in [1.29, 1.82) is 0 Å². The first-order valence-corrected chi connectivity index (χ1v) is 8.89. The Labute approximate surface area is 144 Å². The predicted molar refractivity (Wildman–Crippen MR) is 97.7 cm³/mol. The first kappa shape index (κ1) is 15.5. The SMILES string of the molecule is CC(C)(C)c1ccc(O)c(C2NC3=CCCC4=C3C(CC=C4)N2)c1. The van der Waals surface area contributed by atoms with Gasteiger partial charge in [-0.25, -0.2) is 0 Å². The van der Waals surface area contributed by atoms with E-state index in [9.17, 15) is 5.11 Å². The van der Waals surface area contributed by atoms with E-state index in [1.807, 2.05) is 12.1 Å². The Morgan fingerprint density at radius 3 is 2.83 bits per heavy atom. The van der Waals surface area contributed by atoms with Gasteiger partial charge < -0.3 is 10.4 Å². The Hall–Kier alpha value is -2.00.